The molecule has 0 amide bonds. The number of hydrogen-bond donors (Lipinski definition) is 1. The lowest BCUT2D eigenvalue weighted by atomic mass is 10.0. The summed E-state index contributed by atoms with van der Waals surface area (Å²) in [5.74, 6) is -3.72. The molecule has 0 aliphatic carbocycles. The fourth-order valence-electron chi connectivity index (χ4n) is 1.97. The number of carbonyl (C=O) groups is 2. The number of ketones is 1. The monoisotopic (exact) mass is 467 g/mol. The first-order valence-corrected chi connectivity index (χ1v) is 8.86. The molecule has 0 saturated heterocycles. The Bertz CT molecular complexity index is 664. The van der Waals surface area contributed by atoms with Crippen molar-refractivity contribution in [2.75, 3.05) is 19.9 Å². The Labute approximate surface area is 158 Å². The van der Waals surface area contributed by atoms with Crippen LogP contribution in [0, 0.1) is 15.2 Å². The van der Waals surface area contributed by atoms with Crippen LogP contribution < -0.4 is 0 Å². The molecule has 0 fully saturated rings. The van der Waals surface area contributed by atoms with E-state index in [-0.39, 0.29) is 10.2 Å². The minimum atomic E-state index is -1.07. The summed E-state index contributed by atoms with van der Waals surface area (Å²) < 4.78 is 32.3. The maximum atomic E-state index is 14.0. The lowest BCUT2D eigenvalue weighted by Crippen LogP contribution is -2.25. The van der Waals surface area contributed by atoms with Crippen molar-refractivity contribution < 1.29 is 28.2 Å². The van der Waals surface area contributed by atoms with E-state index in [4.69, 9.17) is 4.74 Å². The third-order valence-corrected chi connectivity index (χ3v) is 4.11. The van der Waals surface area contributed by atoms with Crippen LogP contribution in [0.1, 0.15) is 37.0 Å². The highest BCUT2D eigenvalue weighted by Crippen LogP contribution is 2.20. The summed E-state index contributed by atoms with van der Waals surface area (Å²) in [7, 11) is 0. The SMILES string of the molecule is CCCCN(/C=C(\C(=O)OCC)C(=O)c1cc(I)c(F)cc1F)CO. The Kier molecular flexibility index (Phi) is 8.98. The average Bonchev–Trinajstić information content (AvgIpc) is 2.58. The van der Waals surface area contributed by atoms with E-state index in [9.17, 15) is 23.5 Å². The summed E-state index contributed by atoms with van der Waals surface area (Å²) in [4.78, 5) is 26.1. The predicted molar refractivity (Wildman–Crippen MR) is 96.8 cm³/mol. The van der Waals surface area contributed by atoms with Gasteiger partial charge in [-0.05, 0) is 42.0 Å². The zero-order valence-corrected chi connectivity index (χ0v) is 16.2. The molecule has 25 heavy (non-hydrogen) atoms. The number of esters is 1. The van der Waals surface area contributed by atoms with Crippen LogP contribution in [0.2, 0.25) is 0 Å². The maximum absolute atomic E-state index is 14.0. The number of rotatable bonds is 9. The molecule has 0 unspecified atom stereocenters. The molecule has 1 N–H and O–H groups in total. The molecule has 0 atom stereocenters. The smallest absolute Gasteiger partial charge is 0.343 e. The third kappa shape index (κ3) is 6.03. The third-order valence-electron chi connectivity index (χ3n) is 3.29. The summed E-state index contributed by atoms with van der Waals surface area (Å²) in [5, 5.41) is 9.39. The molecule has 0 aliphatic heterocycles. The van der Waals surface area contributed by atoms with Gasteiger partial charge in [0.2, 0.25) is 5.78 Å². The molecule has 5 nitrogen and oxygen atoms in total. The Morgan fingerprint density at radius 2 is 1.96 bits per heavy atom. The van der Waals surface area contributed by atoms with Crippen LogP contribution in [-0.2, 0) is 9.53 Å². The number of benzene rings is 1. The molecule has 0 bridgehead atoms. The Balaban J connectivity index is 3.29. The molecule has 8 heteroatoms. The number of aliphatic hydroxyl groups is 1. The van der Waals surface area contributed by atoms with Crippen LogP contribution in [0.4, 0.5) is 8.78 Å². The van der Waals surface area contributed by atoms with Crippen LogP contribution in [-0.4, -0.2) is 41.6 Å². The molecule has 1 aromatic rings. The number of ether oxygens (including phenoxy) is 1. The van der Waals surface area contributed by atoms with Gasteiger partial charge in [0.1, 0.15) is 23.9 Å². The standard InChI is InChI=1S/C17H20F2INO4/c1-3-5-6-21(10-22)9-12(17(24)25-4-2)16(23)11-7-15(20)14(19)8-13(11)18/h7-9,22H,3-6,10H2,1-2H3/b12-9-. The summed E-state index contributed by atoms with van der Waals surface area (Å²) in [5.41, 5.74) is -0.855. The number of unbranched alkanes of at least 4 members (excludes halogenated alkanes) is 1. The quantitative estimate of drug-likeness (QED) is 0.0883. The molecular formula is C17H20F2INO4. The molecule has 0 heterocycles. The minimum Gasteiger partial charge on any atom is -0.462 e. The lowest BCUT2D eigenvalue weighted by molar-refractivity contribution is -0.138. The highest BCUT2D eigenvalue weighted by molar-refractivity contribution is 14.1. The van der Waals surface area contributed by atoms with E-state index in [1.807, 2.05) is 6.92 Å². The molecule has 0 saturated carbocycles. The van der Waals surface area contributed by atoms with Gasteiger partial charge in [-0.15, -0.1) is 0 Å². The van der Waals surface area contributed by atoms with Crippen LogP contribution in [0.5, 0.6) is 0 Å². The zero-order valence-electron chi connectivity index (χ0n) is 14.0. The van der Waals surface area contributed by atoms with Crippen LogP contribution >= 0.6 is 22.6 Å². The number of carbonyl (C=O) groups excluding carboxylic acids is 2. The number of Topliss-reactive ketones (excluding diaryl/α,β-unsaturated/α-hetero) is 1. The van der Waals surface area contributed by atoms with Crippen molar-refractivity contribution in [2.24, 2.45) is 0 Å². The van der Waals surface area contributed by atoms with Gasteiger partial charge in [-0.3, -0.25) is 4.79 Å². The number of halogens is 3. The van der Waals surface area contributed by atoms with Gasteiger partial charge in [0.15, 0.2) is 0 Å². The first-order chi connectivity index (χ1) is 11.8. The molecule has 0 spiro atoms. The summed E-state index contributed by atoms with van der Waals surface area (Å²) in [6.45, 7) is 3.54. The first-order valence-electron chi connectivity index (χ1n) is 7.78. The van der Waals surface area contributed by atoms with Gasteiger partial charge in [-0.25, -0.2) is 13.6 Å². The second-order valence-corrected chi connectivity index (χ2v) is 6.31. The molecule has 1 aromatic carbocycles. The fourth-order valence-corrected chi connectivity index (χ4v) is 2.44. The summed E-state index contributed by atoms with van der Waals surface area (Å²) in [6, 6.07) is 1.63. The first kappa shape index (κ1) is 21.5. The number of nitrogens with zero attached hydrogens (tertiary/aromatic N) is 1. The average molecular weight is 467 g/mol. The van der Waals surface area contributed by atoms with E-state index in [0.29, 0.717) is 12.6 Å². The van der Waals surface area contributed by atoms with E-state index in [1.165, 1.54) is 4.90 Å². The molecule has 0 aromatic heterocycles. The lowest BCUT2D eigenvalue weighted by Gasteiger charge is -2.18. The Morgan fingerprint density at radius 1 is 1.28 bits per heavy atom. The minimum absolute atomic E-state index is 0.0287. The molecule has 0 radical (unpaired) electrons. The zero-order chi connectivity index (χ0) is 19.0. The van der Waals surface area contributed by atoms with E-state index in [0.717, 1.165) is 25.1 Å². The van der Waals surface area contributed by atoms with Gasteiger partial charge in [0.05, 0.1) is 12.2 Å². The maximum Gasteiger partial charge on any atom is 0.343 e. The van der Waals surface area contributed by atoms with Gasteiger partial charge in [0, 0.05) is 22.4 Å². The van der Waals surface area contributed by atoms with Crippen LogP contribution in [0.25, 0.3) is 0 Å². The topological polar surface area (TPSA) is 66.8 Å². The van der Waals surface area contributed by atoms with E-state index in [1.54, 1.807) is 29.5 Å². The Morgan fingerprint density at radius 3 is 2.52 bits per heavy atom. The van der Waals surface area contributed by atoms with Crippen LogP contribution in [0.15, 0.2) is 23.9 Å². The normalized spacial score (nSPS) is 11.4. The van der Waals surface area contributed by atoms with Gasteiger partial charge in [0.25, 0.3) is 0 Å². The van der Waals surface area contributed by atoms with E-state index in [2.05, 4.69) is 0 Å². The van der Waals surface area contributed by atoms with Crippen molar-refractivity contribution in [1.29, 1.82) is 0 Å². The highest BCUT2D eigenvalue weighted by Gasteiger charge is 2.26. The van der Waals surface area contributed by atoms with E-state index >= 15 is 0 Å². The number of aliphatic hydroxyl groups excluding tert-OH is 1. The molecule has 1 rings (SSSR count). The fraction of sp³-hybridized carbons (Fsp3) is 0.412. The van der Waals surface area contributed by atoms with Crippen molar-refractivity contribution in [3.63, 3.8) is 0 Å². The largest absolute Gasteiger partial charge is 0.462 e. The van der Waals surface area contributed by atoms with Crippen molar-refractivity contribution in [2.45, 2.75) is 26.7 Å². The highest BCUT2D eigenvalue weighted by atomic mass is 127. The second-order valence-electron chi connectivity index (χ2n) is 5.15. The predicted octanol–water partition coefficient (Wildman–Crippen LogP) is 3.25. The van der Waals surface area contributed by atoms with Crippen LogP contribution in [0.3, 0.4) is 0 Å². The van der Waals surface area contributed by atoms with Gasteiger partial charge in [-0.1, -0.05) is 13.3 Å². The van der Waals surface area contributed by atoms with E-state index < -0.39 is 41.3 Å². The van der Waals surface area contributed by atoms with Gasteiger partial charge < -0.3 is 14.7 Å². The van der Waals surface area contributed by atoms with Crippen molar-refractivity contribution in [3.05, 3.63) is 44.7 Å². The Hall–Kier alpha value is -1.55. The van der Waals surface area contributed by atoms with Gasteiger partial charge in [-0.2, -0.15) is 0 Å². The molecule has 138 valence electrons. The van der Waals surface area contributed by atoms with Crippen molar-refractivity contribution >= 4 is 34.3 Å². The van der Waals surface area contributed by atoms with Crippen molar-refractivity contribution in [3.8, 4) is 0 Å². The van der Waals surface area contributed by atoms with Crippen molar-refractivity contribution in [1.82, 2.24) is 4.90 Å². The summed E-state index contributed by atoms with van der Waals surface area (Å²) in [6.07, 6.45) is 2.73. The molecule has 0 aliphatic rings. The van der Waals surface area contributed by atoms with Gasteiger partial charge >= 0.3 is 5.97 Å². The summed E-state index contributed by atoms with van der Waals surface area (Å²) >= 11 is 1.63. The molecular weight excluding hydrogens is 447 g/mol. The number of hydrogen-bond acceptors (Lipinski definition) is 5. The second kappa shape index (κ2) is 10.4.